The van der Waals surface area contributed by atoms with Gasteiger partial charge in [0.2, 0.25) is 0 Å². The monoisotopic (exact) mass is 337 g/mol. The molecule has 0 aromatic heterocycles. The maximum absolute atomic E-state index is 12.5. The molecule has 1 atom stereocenters. The molecule has 2 heterocycles. The summed E-state index contributed by atoms with van der Waals surface area (Å²) in [5.74, 6) is 0. The molecule has 0 radical (unpaired) electrons. The number of piperazine rings is 1. The van der Waals surface area contributed by atoms with Crippen molar-refractivity contribution in [3.05, 3.63) is 24.3 Å². The first kappa shape index (κ1) is 16.3. The molecule has 6 nitrogen and oxygen atoms in total. The fourth-order valence-electron chi connectivity index (χ4n) is 3.43. The van der Waals surface area contributed by atoms with E-state index in [2.05, 4.69) is 10.2 Å². The summed E-state index contributed by atoms with van der Waals surface area (Å²) in [5.41, 5.74) is 0.353. The van der Waals surface area contributed by atoms with Crippen molar-refractivity contribution in [2.75, 3.05) is 37.8 Å². The fourth-order valence-corrected chi connectivity index (χ4v) is 4.27. The van der Waals surface area contributed by atoms with Gasteiger partial charge in [0.1, 0.15) is 0 Å². The topological polar surface area (TPSA) is 69.7 Å². The summed E-state index contributed by atoms with van der Waals surface area (Å²) in [7, 11) is -3.37. The number of benzene rings is 1. The van der Waals surface area contributed by atoms with Gasteiger partial charge in [-0.3, -0.25) is 4.90 Å². The van der Waals surface area contributed by atoms with Gasteiger partial charge >= 0.3 is 6.03 Å². The standard InChI is InChI=1S/C16H23N3O3S/c1-23(21,22)15-8-3-2-7-14(15)17-16(20)19-11-10-18-9-5-4-6-13(18)12-19/h2-3,7-8,13H,4-6,9-12H2,1H3,(H,17,20)/t13-/m0/s1. The molecule has 0 saturated carbocycles. The summed E-state index contributed by atoms with van der Waals surface area (Å²) in [6.45, 7) is 3.42. The van der Waals surface area contributed by atoms with Crippen LogP contribution in [-0.4, -0.2) is 62.7 Å². The number of urea groups is 1. The van der Waals surface area contributed by atoms with Crippen LogP contribution < -0.4 is 5.32 Å². The first-order valence-corrected chi connectivity index (χ1v) is 9.93. The van der Waals surface area contributed by atoms with Gasteiger partial charge in [0, 0.05) is 31.9 Å². The maximum atomic E-state index is 12.5. The molecule has 1 N–H and O–H groups in total. The Balaban J connectivity index is 1.70. The number of hydrogen-bond acceptors (Lipinski definition) is 4. The van der Waals surface area contributed by atoms with Crippen LogP contribution in [0.4, 0.5) is 10.5 Å². The second-order valence-corrected chi connectivity index (χ2v) is 8.31. The number of carbonyl (C=O) groups excluding carboxylic acids is 1. The SMILES string of the molecule is CS(=O)(=O)c1ccccc1NC(=O)N1CCN2CCCC[C@H]2C1. The molecule has 2 saturated heterocycles. The lowest BCUT2D eigenvalue weighted by atomic mass is 10.00. The molecule has 23 heavy (non-hydrogen) atoms. The number of carbonyl (C=O) groups is 1. The molecule has 2 aliphatic heterocycles. The van der Waals surface area contributed by atoms with Crippen LogP contribution in [0.2, 0.25) is 0 Å². The molecule has 2 amide bonds. The van der Waals surface area contributed by atoms with Gasteiger partial charge in [-0.2, -0.15) is 0 Å². The van der Waals surface area contributed by atoms with E-state index in [1.165, 1.54) is 18.9 Å². The Kier molecular flexibility index (Phi) is 4.59. The third-order valence-corrected chi connectivity index (χ3v) is 5.81. The molecule has 2 fully saturated rings. The summed E-state index contributed by atoms with van der Waals surface area (Å²) in [4.78, 5) is 16.9. The van der Waals surface area contributed by atoms with E-state index >= 15 is 0 Å². The average molecular weight is 337 g/mol. The normalized spacial score (nSPS) is 22.5. The van der Waals surface area contributed by atoms with Gasteiger partial charge in [-0.1, -0.05) is 18.6 Å². The van der Waals surface area contributed by atoms with Gasteiger partial charge in [-0.05, 0) is 31.5 Å². The summed E-state index contributed by atoms with van der Waals surface area (Å²) < 4.78 is 23.7. The van der Waals surface area contributed by atoms with Crippen molar-refractivity contribution in [1.82, 2.24) is 9.80 Å². The summed E-state index contributed by atoms with van der Waals surface area (Å²) in [5, 5.41) is 2.77. The Hall–Kier alpha value is -1.60. The van der Waals surface area contributed by atoms with Crippen LogP contribution in [0.3, 0.4) is 0 Å². The summed E-state index contributed by atoms with van der Waals surface area (Å²) in [6.07, 6.45) is 4.74. The number of sulfone groups is 1. The van der Waals surface area contributed by atoms with Crippen LogP contribution in [0, 0.1) is 0 Å². The third kappa shape index (κ3) is 3.67. The van der Waals surface area contributed by atoms with Gasteiger partial charge in [0.25, 0.3) is 0 Å². The molecule has 1 aromatic carbocycles. The number of para-hydroxylation sites is 1. The second-order valence-electron chi connectivity index (χ2n) is 6.33. The van der Waals surface area contributed by atoms with E-state index in [1.54, 1.807) is 23.1 Å². The number of nitrogens with zero attached hydrogens (tertiary/aromatic N) is 2. The van der Waals surface area contributed by atoms with Crippen molar-refractivity contribution in [2.45, 2.75) is 30.2 Å². The summed E-state index contributed by atoms with van der Waals surface area (Å²) in [6, 6.07) is 6.76. The fraction of sp³-hybridized carbons (Fsp3) is 0.562. The highest BCUT2D eigenvalue weighted by atomic mass is 32.2. The van der Waals surface area contributed by atoms with E-state index in [1.807, 2.05) is 0 Å². The van der Waals surface area contributed by atoms with Crippen molar-refractivity contribution in [3.63, 3.8) is 0 Å². The first-order valence-electron chi connectivity index (χ1n) is 8.04. The minimum Gasteiger partial charge on any atom is -0.322 e. The van der Waals surface area contributed by atoms with Crippen LogP contribution in [0.25, 0.3) is 0 Å². The minimum atomic E-state index is -3.37. The van der Waals surface area contributed by atoms with Gasteiger partial charge in [0.05, 0.1) is 10.6 Å². The Morgan fingerprint density at radius 2 is 1.96 bits per heavy atom. The second kappa shape index (κ2) is 6.49. The molecule has 0 unspecified atom stereocenters. The molecular weight excluding hydrogens is 314 g/mol. The highest BCUT2D eigenvalue weighted by molar-refractivity contribution is 7.90. The maximum Gasteiger partial charge on any atom is 0.321 e. The zero-order valence-electron chi connectivity index (χ0n) is 13.4. The van der Waals surface area contributed by atoms with E-state index in [9.17, 15) is 13.2 Å². The zero-order valence-corrected chi connectivity index (χ0v) is 14.2. The smallest absolute Gasteiger partial charge is 0.321 e. The lowest BCUT2D eigenvalue weighted by molar-refractivity contribution is 0.0678. The number of rotatable bonds is 2. The molecule has 3 rings (SSSR count). The van der Waals surface area contributed by atoms with E-state index < -0.39 is 9.84 Å². The number of anilines is 1. The molecular formula is C16H23N3O3S. The van der Waals surface area contributed by atoms with Crippen molar-refractivity contribution in [2.24, 2.45) is 0 Å². The van der Waals surface area contributed by atoms with Crippen molar-refractivity contribution >= 4 is 21.6 Å². The highest BCUT2D eigenvalue weighted by Crippen LogP contribution is 2.23. The zero-order chi connectivity index (χ0) is 16.4. The van der Waals surface area contributed by atoms with E-state index in [0.717, 1.165) is 25.8 Å². The van der Waals surface area contributed by atoms with Crippen LogP contribution in [0.1, 0.15) is 19.3 Å². The van der Waals surface area contributed by atoms with E-state index in [4.69, 9.17) is 0 Å². The van der Waals surface area contributed by atoms with Crippen molar-refractivity contribution in [3.8, 4) is 0 Å². The first-order chi connectivity index (χ1) is 10.9. The van der Waals surface area contributed by atoms with Crippen LogP contribution in [-0.2, 0) is 9.84 Å². The van der Waals surface area contributed by atoms with Gasteiger partial charge in [-0.25, -0.2) is 13.2 Å². The number of piperidine rings is 1. The molecule has 0 aliphatic carbocycles. The van der Waals surface area contributed by atoms with Crippen molar-refractivity contribution in [1.29, 1.82) is 0 Å². The van der Waals surface area contributed by atoms with E-state index in [-0.39, 0.29) is 10.9 Å². The molecule has 0 bridgehead atoms. The Bertz CT molecular complexity index is 690. The third-order valence-electron chi connectivity index (χ3n) is 4.65. The highest BCUT2D eigenvalue weighted by Gasteiger charge is 2.31. The molecule has 2 aliphatic rings. The lowest BCUT2D eigenvalue weighted by Crippen LogP contribution is -2.56. The number of amides is 2. The Morgan fingerprint density at radius 3 is 2.74 bits per heavy atom. The van der Waals surface area contributed by atoms with E-state index in [0.29, 0.717) is 24.8 Å². The molecule has 7 heteroatoms. The quantitative estimate of drug-likeness (QED) is 0.893. The number of fused-ring (bicyclic) bond motifs is 1. The molecule has 0 spiro atoms. The molecule has 1 aromatic rings. The summed E-state index contributed by atoms with van der Waals surface area (Å²) >= 11 is 0. The van der Waals surface area contributed by atoms with Crippen LogP contribution >= 0.6 is 0 Å². The minimum absolute atomic E-state index is 0.157. The average Bonchev–Trinajstić information content (AvgIpc) is 2.54. The Labute approximate surface area is 137 Å². The van der Waals surface area contributed by atoms with Gasteiger partial charge in [-0.15, -0.1) is 0 Å². The predicted molar refractivity (Wildman–Crippen MR) is 89.4 cm³/mol. The predicted octanol–water partition coefficient (Wildman–Crippen LogP) is 1.79. The molecule has 126 valence electrons. The Morgan fingerprint density at radius 1 is 1.17 bits per heavy atom. The number of nitrogens with one attached hydrogen (secondary N) is 1. The van der Waals surface area contributed by atoms with Crippen molar-refractivity contribution < 1.29 is 13.2 Å². The van der Waals surface area contributed by atoms with Crippen LogP contribution in [0.15, 0.2) is 29.2 Å². The van der Waals surface area contributed by atoms with Gasteiger partial charge in [0.15, 0.2) is 9.84 Å². The number of hydrogen-bond donors (Lipinski definition) is 1. The lowest BCUT2D eigenvalue weighted by Gasteiger charge is -2.43. The van der Waals surface area contributed by atoms with Gasteiger partial charge < -0.3 is 10.2 Å². The van der Waals surface area contributed by atoms with Crippen LogP contribution in [0.5, 0.6) is 0 Å². The largest absolute Gasteiger partial charge is 0.322 e.